The van der Waals surface area contributed by atoms with Gasteiger partial charge in [-0.2, -0.15) is 0 Å². The van der Waals surface area contributed by atoms with Gasteiger partial charge in [-0.1, -0.05) is 58.5 Å². The van der Waals surface area contributed by atoms with Crippen molar-refractivity contribution in [3.05, 3.63) is 86.3 Å². The summed E-state index contributed by atoms with van der Waals surface area (Å²) in [5.41, 5.74) is 1.90. The summed E-state index contributed by atoms with van der Waals surface area (Å²) in [5.74, 6) is 0. The number of imidazole rings is 1. The van der Waals surface area contributed by atoms with Gasteiger partial charge < -0.3 is 9.30 Å². The summed E-state index contributed by atoms with van der Waals surface area (Å²) in [6.45, 7) is 0.879. The molecule has 0 N–H and O–H groups in total. The Labute approximate surface area is 172 Å². The Hall–Kier alpha value is -1.23. The van der Waals surface area contributed by atoms with Crippen molar-refractivity contribution < 1.29 is 4.74 Å². The van der Waals surface area contributed by atoms with Gasteiger partial charge in [0.05, 0.1) is 25.6 Å². The predicted octanol–water partition coefficient (Wildman–Crippen LogP) is 6.50. The minimum Gasteiger partial charge on any atom is -0.375 e. The summed E-state index contributed by atoms with van der Waals surface area (Å²) in [6, 6.07) is 10.9. The van der Waals surface area contributed by atoms with Gasteiger partial charge in [-0.15, -0.1) is 0 Å². The van der Waals surface area contributed by atoms with E-state index in [0.717, 1.165) is 11.1 Å². The van der Waals surface area contributed by atoms with Gasteiger partial charge >= 0.3 is 0 Å². The Kier molecular flexibility index (Phi) is 6.85. The number of ether oxygens (including phenoxy) is 1. The van der Waals surface area contributed by atoms with Crippen LogP contribution in [0.25, 0.3) is 0 Å². The maximum absolute atomic E-state index is 6.32. The van der Waals surface area contributed by atoms with E-state index in [4.69, 9.17) is 51.1 Å². The third-order valence-corrected chi connectivity index (χ3v) is 5.17. The number of hydrogen-bond donors (Lipinski definition) is 0. The quantitative estimate of drug-likeness (QED) is 0.428. The van der Waals surface area contributed by atoms with E-state index in [-0.39, 0.29) is 6.04 Å². The van der Waals surface area contributed by atoms with Crippen LogP contribution >= 0.6 is 46.4 Å². The molecule has 0 aliphatic heterocycles. The lowest BCUT2D eigenvalue weighted by molar-refractivity contribution is 0.0898. The molecule has 0 amide bonds. The van der Waals surface area contributed by atoms with E-state index in [0.29, 0.717) is 39.7 Å². The highest BCUT2D eigenvalue weighted by Gasteiger charge is 2.15. The maximum Gasteiger partial charge on any atom is 0.0949 e. The zero-order valence-corrected chi connectivity index (χ0v) is 16.7. The number of hydrogen-bond acceptors (Lipinski definition) is 2. The van der Waals surface area contributed by atoms with Crippen LogP contribution in [0, 0.1) is 0 Å². The average molecular weight is 430 g/mol. The molecule has 0 radical (unpaired) electrons. The Bertz CT molecular complexity index is 868. The fourth-order valence-corrected chi connectivity index (χ4v) is 3.57. The molecule has 0 bridgehead atoms. The number of nitrogens with zero attached hydrogens (tertiary/aromatic N) is 2. The fraction of sp³-hybridized carbons (Fsp3) is 0.211. The van der Waals surface area contributed by atoms with Gasteiger partial charge in [-0.05, 0) is 41.8 Å². The van der Waals surface area contributed by atoms with Crippen LogP contribution in [0.4, 0.5) is 0 Å². The summed E-state index contributed by atoms with van der Waals surface area (Å²) in [4.78, 5) is 4.13. The largest absolute Gasteiger partial charge is 0.375 e. The Morgan fingerprint density at radius 1 is 0.923 bits per heavy atom. The van der Waals surface area contributed by atoms with E-state index in [2.05, 4.69) is 4.98 Å². The third-order valence-electron chi connectivity index (χ3n) is 4.00. The first kappa shape index (κ1) is 19.5. The molecule has 0 aliphatic rings. The summed E-state index contributed by atoms with van der Waals surface area (Å²) in [7, 11) is 0. The first-order valence-electron chi connectivity index (χ1n) is 7.96. The normalized spacial score (nSPS) is 12.3. The van der Waals surface area contributed by atoms with E-state index in [9.17, 15) is 0 Å². The van der Waals surface area contributed by atoms with Crippen molar-refractivity contribution in [1.82, 2.24) is 9.55 Å². The van der Waals surface area contributed by atoms with Crippen LogP contribution < -0.4 is 0 Å². The molecular weight excluding hydrogens is 414 g/mol. The lowest BCUT2D eigenvalue weighted by Crippen LogP contribution is -2.17. The van der Waals surface area contributed by atoms with Crippen LogP contribution in [0.5, 0.6) is 0 Å². The molecule has 1 heterocycles. The Balaban J connectivity index is 1.69. The minimum atomic E-state index is 0.0438. The van der Waals surface area contributed by atoms with Gasteiger partial charge in [0.1, 0.15) is 0 Å². The highest BCUT2D eigenvalue weighted by molar-refractivity contribution is 6.35. The minimum absolute atomic E-state index is 0.0438. The number of benzene rings is 2. The molecule has 26 heavy (non-hydrogen) atoms. The Morgan fingerprint density at radius 2 is 1.58 bits per heavy atom. The number of halogens is 4. The van der Waals surface area contributed by atoms with Crippen molar-refractivity contribution in [3.63, 3.8) is 0 Å². The smallest absolute Gasteiger partial charge is 0.0949 e. The Morgan fingerprint density at radius 3 is 2.15 bits per heavy atom. The average Bonchev–Trinajstić information content (AvgIpc) is 3.12. The van der Waals surface area contributed by atoms with Gasteiger partial charge in [0.15, 0.2) is 0 Å². The van der Waals surface area contributed by atoms with Crippen molar-refractivity contribution >= 4 is 46.4 Å². The third kappa shape index (κ3) is 5.15. The zero-order chi connectivity index (χ0) is 18.5. The van der Waals surface area contributed by atoms with Crippen molar-refractivity contribution in [3.8, 4) is 0 Å². The van der Waals surface area contributed by atoms with Crippen molar-refractivity contribution in [2.24, 2.45) is 0 Å². The van der Waals surface area contributed by atoms with Crippen molar-refractivity contribution in [2.75, 3.05) is 6.61 Å². The first-order chi connectivity index (χ1) is 12.5. The zero-order valence-electron chi connectivity index (χ0n) is 13.7. The highest BCUT2D eigenvalue weighted by Crippen LogP contribution is 2.26. The predicted molar refractivity (Wildman–Crippen MR) is 108 cm³/mol. The molecule has 3 nitrogen and oxygen atoms in total. The van der Waals surface area contributed by atoms with E-state index in [1.807, 2.05) is 29.0 Å². The molecule has 0 saturated heterocycles. The van der Waals surface area contributed by atoms with E-state index in [1.54, 1.807) is 30.7 Å². The van der Waals surface area contributed by atoms with Crippen molar-refractivity contribution in [2.45, 2.75) is 19.1 Å². The van der Waals surface area contributed by atoms with Crippen LogP contribution in [0.2, 0.25) is 20.1 Å². The molecule has 0 saturated carbocycles. The van der Waals surface area contributed by atoms with E-state index >= 15 is 0 Å². The van der Waals surface area contributed by atoms with Crippen LogP contribution in [0.1, 0.15) is 17.2 Å². The lowest BCUT2D eigenvalue weighted by atomic mass is 10.1. The number of rotatable bonds is 7. The van der Waals surface area contributed by atoms with Gasteiger partial charge in [-0.3, -0.25) is 0 Å². The molecule has 7 heteroatoms. The second-order valence-electron chi connectivity index (χ2n) is 5.85. The number of aromatic nitrogens is 2. The van der Waals surface area contributed by atoms with Gasteiger partial charge in [-0.25, -0.2) is 4.98 Å². The van der Waals surface area contributed by atoms with Crippen LogP contribution in [0.15, 0.2) is 55.1 Å². The van der Waals surface area contributed by atoms with Gasteiger partial charge in [0.25, 0.3) is 0 Å². The second-order valence-corrected chi connectivity index (χ2v) is 7.54. The molecular formula is C19H16Cl4N2O. The molecule has 2 aromatic carbocycles. The summed E-state index contributed by atoms with van der Waals surface area (Å²) >= 11 is 24.4. The van der Waals surface area contributed by atoms with E-state index in [1.165, 1.54) is 0 Å². The summed E-state index contributed by atoms with van der Waals surface area (Å²) < 4.78 is 7.93. The molecule has 1 atom stereocenters. The molecule has 0 spiro atoms. The standard InChI is InChI=1S/C19H16Cl4N2O/c20-15-3-1-13(18(22)8-15)7-17(25-6-5-24-12-25)11-26-10-14-2-4-16(21)9-19(14)23/h1-6,8-9,12,17H,7,10-11H2. The fourth-order valence-electron chi connectivity index (χ4n) is 2.62. The molecule has 136 valence electrons. The monoisotopic (exact) mass is 428 g/mol. The van der Waals surface area contributed by atoms with E-state index < -0.39 is 0 Å². The van der Waals surface area contributed by atoms with Gasteiger partial charge in [0.2, 0.25) is 0 Å². The lowest BCUT2D eigenvalue weighted by Gasteiger charge is -2.20. The van der Waals surface area contributed by atoms with Crippen molar-refractivity contribution in [1.29, 1.82) is 0 Å². The summed E-state index contributed by atoms with van der Waals surface area (Å²) in [6.07, 6.45) is 6.12. The molecule has 1 unspecified atom stereocenters. The van der Waals surface area contributed by atoms with Crippen LogP contribution in [0.3, 0.4) is 0 Å². The molecule has 3 rings (SSSR count). The SMILES string of the molecule is Clc1ccc(COCC(Cc2ccc(Cl)cc2Cl)n2ccnc2)c(Cl)c1. The molecule has 3 aromatic rings. The maximum atomic E-state index is 6.32. The first-order valence-corrected chi connectivity index (χ1v) is 9.47. The summed E-state index contributed by atoms with van der Waals surface area (Å²) in [5, 5.41) is 2.46. The van der Waals surface area contributed by atoms with Gasteiger partial charge in [0, 0.05) is 32.5 Å². The molecule has 0 fully saturated rings. The molecule has 0 aliphatic carbocycles. The highest BCUT2D eigenvalue weighted by atomic mass is 35.5. The van der Waals surface area contributed by atoms with Crippen LogP contribution in [-0.4, -0.2) is 16.2 Å². The topological polar surface area (TPSA) is 27.1 Å². The molecule has 1 aromatic heterocycles. The van der Waals surface area contributed by atoms with Crippen LogP contribution in [-0.2, 0) is 17.8 Å². The second kappa shape index (κ2) is 9.12.